The largest absolute Gasteiger partial charge is 0.492 e. The van der Waals surface area contributed by atoms with Gasteiger partial charge in [-0.25, -0.2) is 0 Å². The molecule has 4 rings (SSSR count). The van der Waals surface area contributed by atoms with Crippen molar-refractivity contribution in [3.8, 4) is 5.75 Å². The number of ether oxygens (including phenoxy) is 3. The second kappa shape index (κ2) is 10.1. The molecule has 6 heteroatoms. The van der Waals surface area contributed by atoms with Crippen molar-refractivity contribution in [1.82, 2.24) is 4.90 Å². The standard InChI is InChI=1S/C24H30N2O4/c27-23(24(10-15-28-16-11-24)20-4-2-1-3-5-20)25-21-6-8-22(9-7-21)30-19-14-26-12-17-29-18-13-26/h1-9H,10-19H2,(H,25,27). The third-order valence-electron chi connectivity index (χ3n) is 6.00. The van der Waals surface area contributed by atoms with E-state index in [9.17, 15) is 4.79 Å². The Morgan fingerprint density at radius 3 is 2.30 bits per heavy atom. The van der Waals surface area contributed by atoms with Gasteiger partial charge in [0, 0.05) is 38.5 Å². The molecule has 30 heavy (non-hydrogen) atoms. The molecule has 0 aliphatic carbocycles. The van der Waals surface area contributed by atoms with Crippen molar-refractivity contribution in [2.45, 2.75) is 18.3 Å². The number of rotatable bonds is 7. The first-order valence-corrected chi connectivity index (χ1v) is 10.7. The van der Waals surface area contributed by atoms with E-state index in [1.807, 2.05) is 54.6 Å². The first-order chi connectivity index (χ1) is 14.8. The molecule has 2 fully saturated rings. The molecule has 2 aromatic carbocycles. The van der Waals surface area contributed by atoms with Crippen LogP contribution in [0.25, 0.3) is 0 Å². The quantitative estimate of drug-likeness (QED) is 0.760. The molecule has 0 spiro atoms. The fourth-order valence-corrected chi connectivity index (χ4v) is 4.13. The number of carbonyl (C=O) groups excluding carboxylic acids is 1. The van der Waals surface area contributed by atoms with Crippen LogP contribution in [-0.2, 0) is 19.7 Å². The summed E-state index contributed by atoms with van der Waals surface area (Å²) in [6, 6.07) is 17.7. The molecule has 0 aromatic heterocycles. The molecule has 2 aromatic rings. The molecule has 1 amide bonds. The third kappa shape index (κ3) is 5.01. The van der Waals surface area contributed by atoms with E-state index in [0.29, 0.717) is 32.7 Å². The van der Waals surface area contributed by atoms with E-state index >= 15 is 0 Å². The van der Waals surface area contributed by atoms with Crippen molar-refractivity contribution in [2.24, 2.45) is 0 Å². The van der Waals surface area contributed by atoms with Crippen molar-refractivity contribution < 1.29 is 19.0 Å². The van der Waals surface area contributed by atoms with E-state index in [-0.39, 0.29) is 5.91 Å². The number of anilines is 1. The van der Waals surface area contributed by atoms with Gasteiger partial charge in [0.1, 0.15) is 12.4 Å². The van der Waals surface area contributed by atoms with Crippen molar-refractivity contribution in [2.75, 3.05) is 58.0 Å². The van der Waals surface area contributed by atoms with E-state index in [0.717, 1.165) is 49.8 Å². The summed E-state index contributed by atoms with van der Waals surface area (Å²) >= 11 is 0. The summed E-state index contributed by atoms with van der Waals surface area (Å²) in [4.78, 5) is 15.7. The molecule has 6 nitrogen and oxygen atoms in total. The molecule has 2 saturated heterocycles. The van der Waals surface area contributed by atoms with Gasteiger partial charge in [0.15, 0.2) is 0 Å². The normalized spacial score (nSPS) is 19.2. The van der Waals surface area contributed by atoms with E-state index in [1.54, 1.807) is 0 Å². The van der Waals surface area contributed by atoms with E-state index in [4.69, 9.17) is 14.2 Å². The van der Waals surface area contributed by atoms with E-state index in [1.165, 1.54) is 0 Å². The molecule has 2 heterocycles. The zero-order chi connectivity index (χ0) is 20.7. The Labute approximate surface area is 178 Å². The van der Waals surface area contributed by atoms with Crippen LogP contribution >= 0.6 is 0 Å². The minimum Gasteiger partial charge on any atom is -0.492 e. The Kier molecular flexibility index (Phi) is 7.00. The summed E-state index contributed by atoms with van der Waals surface area (Å²) in [5.74, 6) is 0.836. The Bertz CT molecular complexity index is 798. The van der Waals surface area contributed by atoms with E-state index in [2.05, 4.69) is 10.2 Å². The number of nitrogens with zero attached hydrogens (tertiary/aromatic N) is 1. The first-order valence-electron chi connectivity index (χ1n) is 10.7. The lowest BCUT2D eigenvalue weighted by atomic mass is 9.73. The molecule has 0 saturated carbocycles. The Morgan fingerprint density at radius 2 is 1.60 bits per heavy atom. The number of nitrogens with one attached hydrogen (secondary N) is 1. The third-order valence-corrected chi connectivity index (χ3v) is 6.00. The van der Waals surface area contributed by atoms with Gasteiger partial charge in [-0.05, 0) is 42.7 Å². The van der Waals surface area contributed by atoms with Crippen molar-refractivity contribution in [1.29, 1.82) is 0 Å². The smallest absolute Gasteiger partial charge is 0.235 e. The van der Waals surface area contributed by atoms with Crippen molar-refractivity contribution >= 4 is 11.6 Å². The maximum Gasteiger partial charge on any atom is 0.235 e. The van der Waals surface area contributed by atoms with Crippen LogP contribution in [0.2, 0.25) is 0 Å². The predicted octanol–water partition coefficient (Wildman–Crippen LogP) is 3.08. The highest BCUT2D eigenvalue weighted by Gasteiger charge is 2.41. The summed E-state index contributed by atoms with van der Waals surface area (Å²) in [6.45, 7) is 6.24. The second-order valence-electron chi connectivity index (χ2n) is 7.84. The first kappa shape index (κ1) is 20.8. The zero-order valence-corrected chi connectivity index (χ0v) is 17.3. The predicted molar refractivity (Wildman–Crippen MR) is 116 cm³/mol. The van der Waals surface area contributed by atoms with Crippen LogP contribution in [0.4, 0.5) is 5.69 Å². The zero-order valence-electron chi connectivity index (χ0n) is 17.3. The summed E-state index contributed by atoms with van der Waals surface area (Å²) in [5, 5.41) is 3.11. The van der Waals surface area contributed by atoms with Gasteiger partial charge < -0.3 is 19.5 Å². The van der Waals surface area contributed by atoms with Gasteiger partial charge in [-0.15, -0.1) is 0 Å². The molecule has 0 unspecified atom stereocenters. The number of carbonyl (C=O) groups is 1. The van der Waals surface area contributed by atoms with Gasteiger partial charge in [-0.2, -0.15) is 0 Å². The fourth-order valence-electron chi connectivity index (χ4n) is 4.13. The van der Waals surface area contributed by atoms with Gasteiger partial charge in [0.25, 0.3) is 0 Å². The van der Waals surface area contributed by atoms with E-state index < -0.39 is 5.41 Å². The minimum absolute atomic E-state index is 0.0259. The summed E-state index contributed by atoms with van der Waals surface area (Å²) in [7, 11) is 0. The number of morpholine rings is 1. The highest BCUT2D eigenvalue weighted by Crippen LogP contribution is 2.36. The summed E-state index contributed by atoms with van der Waals surface area (Å²) < 4.78 is 16.8. The Balaban J connectivity index is 1.35. The van der Waals surface area contributed by atoms with Gasteiger partial charge in [-0.1, -0.05) is 30.3 Å². The van der Waals surface area contributed by atoms with Crippen molar-refractivity contribution in [3.05, 3.63) is 60.2 Å². The molecule has 0 bridgehead atoms. The lowest BCUT2D eigenvalue weighted by molar-refractivity contribution is -0.125. The lowest BCUT2D eigenvalue weighted by Gasteiger charge is -2.36. The summed E-state index contributed by atoms with van der Waals surface area (Å²) in [5.41, 5.74) is 1.28. The van der Waals surface area contributed by atoms with Crippen LogP contribution in [0, 0.1) is 0 Å². The maximum atomic E-state index is 13.3. The van der Waals surface area contributed by atoms with Crippen molar-refractivity contribution in [3.63, 3.8) is 0 Å². The number of hydrogen-bond donors (Lipinski definition) is 1. The fraction of sp³-hybridized carbons (Fsp3) is 0.458. The van der Waals surface area contributed by atoms with Crippen LogP contribution in [0.5, 0.6) is 5.75 Å². The molecule has 0 atom stereocenters. The number of amides is 1. The lowest BCUT2D eigenvalue weighted by Crippen LogP contribution is -2.44. The van der Waals surface area contributed by atoms with Crippen LogP contribution in [-0.4, -0.2) is 63.5 Å². The minimum atomic E-state index is -0.549. The Morgan fingerprint density at radius 1 is 0.933 bits per heavy atom. The van der Waals surface area contributed by atoms with Gasteiger partial charge in [0.2, 0.25) is 5.91 Å². The van der Waals surface area contributed by atoms with Crippen LogP contribution in [0.3, 0.4) is 0 Å². The molecule has 160 valence electrons. The maximum absolute atomic E-state index is 13.3. The van der Waals surface area contributed by atoms with Gasteiger partial charge in [-0.3, -0.25) is 9.69 Å². The molecule has 2 aliphatic heterocycles. The number of benzene rings is 2. The van der Waals surface area contributed by atoms with Crippen LogP contribution in [0.15, 0.2) is 54.6 Å². The topological polar surface area (TPSA) is 60.0 Å². The van der Waals surface area contributed by atoms with Gasteiger partial charge in [0.05, 0.1) is 18.6 Å². The average molecular weight is 411 g/mol. The molecular formula is C24H30N2O4. The highest BCUT2D eigenvalue weighted by atomic mass is 16.5. The highest BCUT2D eigenvalue weighted by molar-refractivity contribution is 5.99. The Hall–Kier alpha value is -2.41. The molecule has 2 aliphatic rings. The van der Waals surface area contributed by atoms with Crippen LogP contribution < -0.4 is 10.1 Å². The summed E-state index contributed by atoms with van der Waals surface area (Å²) in [6.07, 6.45) is 1.37. The average Bonchev–Trinajstić information content (AvgIpc) is 2.82. The molecule has 1 N–H and O–H groups in total. The molecular weight excluding hydrogens is 380 g/mol. The second-order valence-corrected chi connectivity index (χ2v) is 7.84. The molecule has 0 radical (unpaired) electrons. The van der Waals surface area contributed by atoms with Gasteiger partial charge >= 0.3 is 0 Å². The SMILES string of the molecule is O=C(Nc1ccc(OCCN2CCOCC2)cc1)C1(c2ccccc2)CCOCC1. The number of hydrogen-bond acceptors (Lipinski definition) is 5. The monoisotopic (exact) mass is 410 g/mol. The van der Waals surface area contributed by atoms with Crippen LogP contribution in [0.1, 0.15) is 18.4 Å².